The first-order chi connectivity index (χ1) is 10.2. The predicted octanol–water partition coefficient (Wildman–Crippen LogP) is 4.16. The highest BCUT2D eigenvalue weighted by Crippen LogP contribution is 2.14. The van der Waals surface area contributed by atoms with Crippen LogP contribution in [0.15, 0.2) is 48.5 Å². The Bertz CT molecular complexity index is 591. The summed E-state index contributed by atoms with van der Waals surface area (Å²) in [5, 5.41) is 9.93. The van der Waals surface area contributed by atoms with Crippen molar-refractivity contribution < 1.29 is 19.1 Å². The number of halogens is 1. The minimum Gasteiger partial charge on any atom is -0.494 e. The van der Waals surface area contributed by atoms with Gasteiger partial charge in [-0.05, 0) is 42.8 Å². The maximum atomic E-state index is 12.8. The maximum Gasteiger partial charge on any atom is 0.257 e. The van der Waals surface area contributed by atoms with Gasteiger partial charge in [0.25, 0.3) is 5.69 Å². The number of nitrogens with zero attached hydrogens (tertiary/aromatic N) is 1. The monoisotopic (exact) mass is 288 g/mol. The van der Waals surface area contributed by atoms with Crippen molar-refractivity contribution >= 4 is 11.9 Å². The quantitative estimate of drug-likeness (QED) is 0.285. The normalized spacial score (nSPS) is 11.4. The highest BCUT2D eigenvalue weighted by Gasteiger charge is 2.07. The van der Waals surface area contributed by atoms with Gasteiger partial charge in [0.15, 0.2) is 0 Å². The molecular weight excluding hydrogens is 269 g/mol. The summed E-state index contributed by atoms with van der Waals surface area (Å²) in [6.07, 6.45) is 3.69. The summed E-state index contributed by atoms with van der Waals surface area (Å²) in [5.41, 5.74) is 1.32. The lowest BCUT2D eigenvalue weighted by Gasteiger charge is -2.04. The second kappa shape index (κ2) is 7.43. The molecule has 0 spiro atoms. The highest BCUT2D eigenvalue weighted by atomic mass is 19.1. The topological polar surface area (TPSA) is 32.5 Å². The molecule has 0 saturated carbocycles. The van der Waals surface area contributed by atoms with Gasteiger partial charge in [0.1, 0.15) is 11.6 Å². The van der Waals surface area contributed by atoms with Crippen molar-refractivity contribution in [2.45, 2.75) is 19.8 Å². The zero-order valence-electron chi connectivity index (χ0n) is 12.0. The van der Waals surface area contributed by atoms with Gasteiger partial charge >= 0.3 is 0 Å². The SMILES string of the molecule is CCCCOc1ccc(/C=[N+](\O)c2ccc(F)cc2)cc1. The summed E-state index contributed by atoms with van der Waals surface area (Å²) < 4.78 is 19.4. The molecule has 1 N–H and O–H groups in total. The van der Waals surface area contributed by atoms with Gasteiger partial charge in [-0.25, -0.2) is 4.39 Å². The molecule has 21 heavy (non-hydrogen) atoms. The smallest absolute Gasteiger partial charge is 0.257 e. The van der Waals surface area contributed by atoms with Crippen LogP contribution < -0.4 is 4.74 Å². The van der Waals surface area contributed by atoms with Gasteiger partial charge in [0.2, 0.25) is 6.21 Å². The summed E-state index contributed by atoms with van der Waals surface area (Å²) in [6.45, 7) is 2.83. The average molecular weight is 288 g/mol. The number of hydrogen-bond donors (Lipinski definition) is 1. The lowest BCUT2D eigenvalue weighted by molar-refractivity contribution is -0.709. The van der Waals surface area contributed by atoms with E-state index < -0.39 is 0 Å². The van der Waals surface area contributed by atoms with Crippen LogP contribution >= 0.6 is 0 Å². The number of rotatable bonds is 6. The van der Waals surface area contributed by atoms with Crippen LogP contribution in [-0.2, 0) is 0 Å². The molecule has 0 aromatic heterocycles. The minimum absolute atomic E-state index is 0.333. The number of hydrogen-bond acceptors (Lipinski definition) is 2. The van der Waals surface area contributed by atoms with E-state index in [1.165, 1.54) is 24.3 Å². The number of unbranched alkanes of at least 4 members (excludes halogenated alkanes) is 1. The lowest BCUT2D eigenvalue weighted by atomic mass is 10.2. The molecule has 0 heterocycles. The molecule has 0 atom stereocenters. The van der Waals surface area contributed by atoms with Crippen molar-refractivity contribution in [3.8, 4) is 5.75 Å². The van der Waals surface area contributed by atoms with E-state index in [9.17, 15) is 9.60 Å². The van der Waals surface area contributed by atoms with E-state index in [1.807, 2.05) is 24.3 Å². The first-order valence-electron chi connectivity index (χ1n) is 7.00. The van der Waals surface area contributed by atoms with Crippen LogP contribution in [-0.4, -0.2) is 22.8 Å². The van der Waals surface area contributed by atoms with Crippen molar-refractivity contribution in [3.63, 3.8) is 0 Å². The fourth-order valence-electron chi connectivity index (χ4n) is 1.79. The largest absolute Gasteiger partial charge is 0.494 e. The first kappa shape index (κ1) is 15.0. The van der Waals surface area contributed by atoms with Crippen LogP contribution in [0.5, 0.6) is 5.75 Å². The summed E-state index contributed by atoms with van der Waals surface area (Å²) in [5.74, 6) is 0.479. The van der Waals surface area contributed by atoms with Crippen molar-refractivity contribution in [2.24, 2.45) is 0 Å². The van der Waals surface area contributed by atoms with Crippen LogP contribution in [0.4, 0.5) is 10.1 Å². The summed E-state index contributed by atoms with van der Waals surface area (Å²) in [7, 11) is 0. The summed E-state index contributed by atoms with van der Waals surface area (Å²) in [6, 6.07) is 13.1. The third-order valence-electron chi connectivity index (χ3n) is 3.01. The van der Waals surface area contributed by atoms with E-state index in [0.717, 1.165) is 28.9 Å². The summed E-state index contributed by atoms with van der Waals surface area (Å²) >= 11 is 0. The van der Waals surface area contributed by atoms with Crippen LogP contribution in [0.25, 0.3) is 0 Å². The van der Waals surface area contributed by atoms with Gasteiger partial charge in [-0.3, -0.25) is 5.21 Å². The molecule has 2 aromatic carbocycles. The average Bonchev–Trinajstić information content (AvgIpc) is 2.50. The number of ether oxygens (including phenoxy) is 1. The molecular formula is C17H19FNO2+. The van der Waals surface area contributed by atoms with Crippen LogP contribution in [0, 0.1) is 5.82 Å². The van der Waals surface area contributed by atoms with Gasteiger partial charge in [-0.1, -0.05) is 13.3 Å². The van der Waals surface area contributed by atoms with Crippen LogP contribution in [0.1, 0.15) is 25.3 Å². The molecule has 0 amide bonds. The fourth-order valence-corrected chi connectivity index (χ4v) is 1.79. The molecule has 0 aliphatic rings. The fraction of sp³-hybridized carbons (Fsp3) is 0.235. The van der Waals surface area contributed by atoms with E-state index in [1.54, 1.807) is 6.21 Å². The Morgan fingerprint density at radius 1 is 1.10 bits per heavy atom. The standard InChI is InChI=1S/C17H19FNO2/c1-2-3-12-21-17-10-4-14(5-11-17)13-19(20)16-8-6-15(18)7-9-16/h4-11,13,20H,2-3,12H2,1H3/q+1/b19-13-. The van der Waals surface area contributed by atoms with Crippen molar-refractivity contribution in [2.75, 3.05) is 6.61 Å². The second-order valence-corrected chi connectivity index (χ2v) is 4.72. The molecule has 0 unspecified atom stereocenters. The maximum absolute atomic E-state index is 12.8. The Hall–Kier alpha value is -2.36. The Morgan fingerprint density at radius 2 is 1.76 bits per heavy atom. The third kappa shape index (κ3) is 4.60. The van der Waals surface area contributed by atoms with Gasteiger partial charge in [-0.15, -0.1) is 0 Å². The van der Waals surface area contributed by atoms with Gasteiger partial charge < -0.3 is 4.74 Å². The Labute approximate surface area is 123 Å². The van der Waals surface area contributed by atoms with Crippen molar-refractivity contribution in [3.05, 3.63) is 59.9 Å². The molecule has 0 radical (unpaired) electrons. The van der Waals surface area contributed by atoms with Crippen LogP contribution in [0.2, 0.25) is 0 Å². The molecule has 4 heteroatoms. The Morgan fingerprint density at radius 3 is 2.38 bits per heavy atom. The second-order valence-electron chi connectivity index (χ2n) is 4.72. The molecule has 2 aromatic rings. The van der Waals surface area contributed by atoms with Crippen LogP contribution in [0.3, 0.4) is 0 Å². The first-order valence-corrected chi connectivity index (χ1v) is 7.00. The predicted molar refractivity (Wildman–Crippen MR) is 80.1 cm³/mol. The van der Waals surface area contributed by atoms with Gasteiger partial charge in [0.05, 0.1) is 6.61 Å². The highest BCUT2D eigenvalue weighted by molar-refractivity contribution is 5.76. The van der Waals surface area contributed by atoms with Crippen molar-refractivity contribution in [1.29, 1.82) is 0 Å². The zero-order valence-corrected chi connectivity index (χ0v) is 12.0. The molecule has 0 fully saturated rings. The third-order valence-corrected chi connectivity index (χ3v) is 3.01. The molecule has 0 bridgehead atoms. The van der Waals surface area contributed by atoms with E-state index in [2.05, 4.69) is 6.92 Å². The molecule has 110 valence electrons. The molecule has 2 rings (SSSR count). The zero-order chi connectivity index (χ0) is 15.1. The molecule has 0 aliphatic heterocycles. The van der Waals surface area contributed by atoms with E-state index in [4.69, 9.17) is 4.74 Å². The van der Waals surface area contributed by atoms with E-state index in [0.29, 0.717) is 12.3 Å². The molecule has 0 saturated heterocycles. The molecule has 3 nitrogen and oxygen atoms in total. The lowest BCUT2D eigenvalue weighted by Crippen LogP contribution is -2.02. The van der Waals surface area contributed by atoms with Gasteiger partial charge in [-0.2, -0.15) is 0 Å². The van der Waals surface area contributed by atoms with Crippen molar-refractivity contribution in [1.82, 2.24) is 0 Å². The summed E-state index contributed by atoms with van der Waals surface area (Å²) in [4.78, 5) is 0. The minimum atomic E-state index is -0.333. The van der Waals surface area contributed by atoms with E-state index in [-0.39, 0.29) is 5.82 Å². The number of benzene rings is 2. The van der Waals surface area contributed by atoms with Gasteiger partial charge in [0, 0.05) is 22.4 Å². The Kier molecular flexibility index (Phi) is 5.32. The van der Waals surface area contributed by atoms with E-state index >= 15 is 0 Å². The Balaban J connectivity index is 2.04. The molecule has 0 aliphatic carbocycles.